The number of alkyl halides is 3. The highest BCUT2D eigenvalue weighted by Crippen LogP contribution is 2.40. The average Bonchev–Trinajstić information content (AvgIpc) is 3.66. The topological polar surface area (TPSA) is 108 Å². The molecule has 0 bridgehead atoms. The molecule has 41 heavy (non-hydrogen) atoms. The molecule has 1 aliphatic carbocycles. The summed E-state index contributed by atoms with van der Waals surface area (Å²) >= 11 is 0. The molecule has 2 aliphatic rings. The molecule has 12 heteroatoms. The molecule has 1 aliphatic heterocycles. The summed E-state index contributed by atoms with van der Waals surface area (Å²) in [6.07, 6.45) is 6.42. The third kappa shape index (κ3) is 6.58. The molecule has 1 saturated heterocycles. The molecule has 2 fully saturated rings. The first-order chi connectivity index (χ1) is 19.7. The van der Waals surface area contributed by atoms with Crippen molar-refractivity contribution in [2.24, 2.45) is 11.7 Å². The Bertz CT molecular complexity index is 1420. The van der Waals surface area contributed by atoms with Crippen molar-refractivity contribution in [2.45, 2.75) is 50.8 Å². The van der Waals surface area contributed by atoms with Crippen LogP contribution in [0.4, 0.5) is 13.2 Å². The number of aromatic nitrogens is 2. The van der Waals surface area contributed by atoms with Gasteiger partial charge in [0.25, 0.3) is 5.91 Å². The normalized spacial score (nSPS) is 17.1. The largest absolute Gasteiger partial charge is 0.496 e. The second kappa shape index (κ2) is 12.0. The molecular weight excluding hydrogens is 541 g/mol. The quantitative estimate of drug-likeness (QED) is 0.234. The Labute approximate surface area is 235 Å². The summed E-state index contributed by atoms with van der Waals surface area (Å²) in [5, 5.41) is 0. The van der Waals surface area contributed by atoms with Crippen molar-refractivity contribution in [2.75, 3.05) is 33.4 Å². The van der Waals surface area contributed by atoms with Crippen LogP contribution < -0.4 is 19.9 Å². The number of rotatable bonds is 13. The van der Waals surface area contributed by atoms with Gasteiger partial charge in [0.1, 0.15) is 28.5 Å². The zero-order valence-corrected chi connectivity index (χ0v) is 22.8. The fourth-order valence-electron chi connectivity index (χ4n) is 5.17. The number of nitrogens with zero attached hydrogens (tertiary/aromatic N) is 3. The lowest BCUT2D eigenvalue weighted by molar-refractivity contribution is -0.132. The van der Waals surface area contributed by atoms with Gasteiger partial charge in [0.05, 0.1) is 25.6 Å². The van der Waals surface area contributed by atoms with E-state index in [2.05, 4.69) is 9.88 Å². The van der Waals surface area contributed by atoms with E-state index < -0.39 is 18.2 Å². The Kier molecular flexibility index (Phi) is 8.39. The maximum absolute atomic E-state index is 14.3. The predicted octanol–water partition coefficient (Wildman–Crippen LogP) is 4.65. The lowest BCUT2D eigenvalue weighted by Gasteiger charge is -2.34. The lowest BCUT2D eigenvalue weighted by atomic mass is 9.92. The first-order valence-electron chi connectivity index (χ1n) is 13.7. The number of Topliss-reactive ketones (excluding diaryl/α,β-unsaturated/α-hetero) is 1. The molecule has 1 saturated carbocycles. The fourth-order valence-corrected chi connectivity index (χ4v) is 5.17. The van der Waals surface area contributed by atoms with Crippen LogP contribution in [0, 0.1) is 5.92 Å². The summed E-state index contributed by atoms with van der Waals surface area (Å²) in [6.45, 7) is -1.04. The summed E-state index contributed by atoms with van der Waals surface area (Å²) in [7, 11) is 1.39. The second-order valence-corrected chi connectivity index (χ2v) is 10.6. The smallest absolute Gasteiger partial charge is 0.387 e. The van der Waals surface area contributed by atoms with E-state index in [0.29, 0.717) is 55.3 Å². The van der Waals surface area contributed by atoms with Crippen LogP contribution in [0.5, 0.6) is 17.2 Å². The standard InChI is InChI=1S/C29H33F3N4O5/c1-39-23-14-19(15-24(41-28(30)31)26(23)22(37)13-18-3-4-18)21-17-34-25-16-20(5-9-36(21)25)40-12-2-8-35-10-6-29(32,7-11-35)27(33)38/h5,9,14-18,28H,2-4,6-8,10-13H2,1H3,(H2,33,38). The number of hydrogen-bond acceptors (Lipinski definition) is 7. The Morgan fingerprint density at radius 2 is 1.90 bits per heavy atom. The average molecular weight is 575 g/mol. The zero-order chi connectivity index (χ0) is 29.1. The third-order valence-electron chi connectivity index (χ3n) is 7.71. The Morgan fingerprint density at radius 3 is 2.56 bits per heavy atom. The van der Waals surface area contributed by atoms with Gasteiger partial charge in [-0.2, -0.15) is 8.78 Å². The SMILES string of the molecule is COc1cc(-c2cnc3cc(OCCCN4CCC(F)(C(N)=O)CC4)ccn23)cc(OC(F)F)c1C(=O)CC1CC1. The van der Waals surface area contributed by atoms with Crippen LogP contribution in [-0.2, 0) is 4.79 Å². The molecule has 5 rings (SSSR count). The molecule has 2 N–H and O–H groups in total. The molecule has 0 radical (unpaired) electrons. The lowest BCUT2D eigenvalue weighted by Crippen LogP contribution is -2.49. The van der Waals surface area contributed by atoms with E-state index in [1.54, 1.807) is 35.0 Å². The van der Waals surface area contributed by atoms with Crippen molar-refractivity contribution >= 4 is 17.3 Å². The number of benzene rings is 1. The fraction of sp³-hybridized carbons (Fsp3) is 0.483. The summed E-state index contributed by atoms with van der Waals surface area (Å²) in [4.78, 5) is 30.7. The number of imidazole rings is 1. The van der Waals surface area contributed by atoms with E-state index >= 15 is 0 Å². The monoisotopic (exact) mass is 574 g/mol. The first kappa shape index (κ1) is 28.7. The highest BCUT2D eigenvalue weighted by molar-refractivity contribution is 6.02. The van der Waals surface area contributed by atoms with E-state index in [-0.39, 0.29) is 48.0 Å². The van der Waals surface area contributed by atoms with Gasteiger partial charge in [-0.1, -0.05) is 0 Å². The first-order valence-corrected chi connectivity index (χ1v) is 13.7. The van der Waals surface area contributed by atoms with Crippen molar-refractivity contribution in [1.82, 2.24) is 14.3 Å². The highest BCUT2D eigenvalue weighted by atomic mass is 19.3. The molecular formula is C29H33F3N4O5. The number of ketones is 1. The number of fused-ring (bicyclic) bond motifs is 1. The maximum atomic E-state index is 14.3. The minimum absolute atomic E-state index is 0.0226. The number of piperidine rings is 1. The van der Waals surface area contributed by atoms with Crippen LogP contribution in [0.25, 0.3) is 16.9 Å². The van der Waals surface area contributed by atoms with Crippen LogP contribution in [-0.4, -0.2) is 71.6 Å². The molecule has 0 unspecified atom stereocenters. The minimum Gasteiger partial charge on any atom is -0.496 e. The maximum Gasteiger partial charge on any atom is 0.387 e. The number of carbonyl (C=O) groups excluding carboxylic acids is 2. The van der Waals surface area contributed by atoms with Crippen LogP contribution in [0.2, 0.25) is 0 Å². The summed E-state index contributed by atoms with van der Waals surface area (Å²) in [5.41, 5.74) is 4.94. The molecule has 220 valence electrons. The molecule has 3 heterocycles. The molecule has 0 atom stereocenters. The van der Waals surface area contributed by atoms with Gasteiger partial charge in [-0.15, -0.1) is 0 Å². The number of methoxy groups -OCH3 is 1. The van der Waals surface area contributed by atoms with Gasteiger partial charge in [-0.3, -0.25) is 14.0 Å². The van der Waals surface area contributed by atoms with Gasteiger partial charge < -0.3 is 24.8 Å². The van der Waals surface area contributed by atoms with Gasteiger partial charge in [0, 0.05) is 56.7 Å². The van der Waals surface area contributed by atoms with Crippen molar-refractivity contribution < 1.29 is 37.0 Å². The Morgan fingerprint density at radius 1 is 1.17 bits per heavy atom. The van der Waals surface area contributed by atoms with Gasteiger partial charge in [0.2, 0.25) is 0 Å². The number of nitrogens with two attached hydrogens (primary N) is 1. The molecule has 3 aromatic rings. The number of likely N-dealkylation sites (tertiary alicyclic amines) is 1. The molecule has 1 aromatic carbocycles. The number of primary amides is 1. The molecule has 9 nitrogen and oxygen atoms in total. The molecule has 2 aromatic heterocycles. The Hall–Kier alpha value is -3.80. The van der Waals surface area contributed by atoms with Gasteiger partial charge in [-0.25, -0.2) is 9.37 Å². The highest BCUT2D eigenvalue weighted by Gasteiger charge is 2.39. The summed E-state index contributed by atoms with van der Waals surface area (Å²) < 4.78 is 58.8. The zero-order valence-electron chi connectivity index (χ0n) is 22.8. The van der Waals surface area contributed by atoms with Crippen LogP contribution in [0.1, 0.15) is 48.9 Å². The summed E-state index contributed by atoms with van der Waals surface area (Å²) in [6, 6.07) is 6.57. The van der Waals surface area contributed by atoms with Crippen LogP contribution >= 0.6 is 0 Å². The van der Waals surface area contributed by atoms with Gasteiger partial charge in [-0.05, 0) is 43.4 Å². The predicted molar refractivity (Wildman–Crippen MR) is 144 cm³/mol. The van der Waals surface area contributed by atoms with Gasteiger partial charge in [0.15, 0.2) is 11.5 Å². The third-order valence-corrected chi connectivity index (χ3v) is 7.71. The van der Waals surface area contributed by atoms with E-state index in [0.717, 1.165) is 12.8 Å². The molecule has 0 spiro atoms. The van der Waals surface area contributed by atoms with Crippen molar-refractivity contribution in [3.05, 3.63) is 42.2 Å². The number of carbonyl (C=O) groups is 2. The van der Waals surface area contributed by atoms with E-state index in [1.165, 1.54) is 13.2 Å². The Balaban J connectivity index is 1.26. The van der Waals surface area contributed by atoms with E-state index in [9.17, 15) is 22.8 Å². The number of hydrogen-bond donors (Lipinski definition) is 1. The van der Waals surface area contributed by atoms with Crippen LogP contribution in [0.15, 0.2) is 36.7 Å². The van der Waals surface area contributed by atoms with E-state index in [1.807, 2.05) is 0 Å². The number of halogens is 3. The van der Waals surface area contributed by atoms with Crippen molar-refractivity contribution in [1.29, 1.82) is 0 Å². The van der Waals surface area contributed by atoms with Crippen molar-refractivity contribution in [3.63, 3.8) is 0 Å². The minimum atomic E-state index is -3.10. The van der Waals surface area contributed by atoms with Crippen molar-refractivity contribution in [3.8, 4) is 28.5 Å². The number of pyridine rings is 1. The second-order valence-electron chi connectivity index (χ2n) is 10.6. The van der Waals surface area contributed by atoms with E-state index in [4.69, 9.17) is 19.9 Å². The van der Waals surface area contributed by atoms with Crippen LogP contribution in [0.3, 0.4) is 0 Å². The number of amides is 1. The number of ether oxygens (including phenoxy) is 3. The van der Waals surface area contributed by atoms with Gasteiger partial charge >= 0.3 is 6.61 Å². The summed E-state index contributed by atoms with van der Waals surface area (Å²) in [5.74, 6) is -0.367. The molecule has 1 amide bonds.